The number of amides is 1. The van der Waals surface area contributed by atoms with Crippen LogP contribution in [0.4, 0.5) is 5.82 Å². The second-order valence-corrected chi connectivity index (χ2v) is 9.03. The summed E-state index contributed by atoms with van der Waals surface area (Å²) >= 11 is 6.19. The lowest BCUT2D eigenvalue weighted by Crippen LogP contribution is -2.31. The number of halogens is 1. The van der Waals surface area contributed by atoms with E-state index in [9.17, 15) is 4.79 Å². The number of ether oxygens (including phenoxy) is 1. The maximum absolute atomic E-state index is 14.2. The Labute approximate surface area is 211 Å². The van der Waals surface area contributed by atoms with E-state index in [0.29, 0.717) is 45.3 Å². The first-order valence-corrected chi connectivity index (χ1v) is 11.6. The summed E-state index contributed by atoms with van der Waals surface area (Å²) in [5, 5.41) is 18.4. The number of fused-ring (bicyclic) bond motifs is 2. The van der Waals surface area contributed by atoms with Gasteiger partial charge in [-0.05, 0) is 62.2 Å². The van der Waals surface area contributed by atoms with E-state index in [4.69, 9.17) is 26.5 Å². The number of aromatic nitrogens is 7. The minimum atomic E-state index is -0.470. The molecule has 1 amide bonds. The van der Waals surface area contributed by atoms with Gasteiger partial charge >= 0.3 is 0 Å². The summed E-state index contributed by atoms with van der Waals surface area (Å²) in [7, 11) is 1.54. The Morgan fingerprint density at radius 3 is 2.56 bits per heavy atom. The van der Waals surface area contributed by atoms with E-state index in [0.717, 1.165) is 16.7 Å². The lowest BCUT2D eigenvalue weighted by Gasteiger charge is -2.25. The maximum atomic E-state index is 14.2. The van der Waals surface area contributed by atoms with Gasteiger partial charge < -0.3 is 4.74 Å². The number of hydrogen-bond donors (Lipinski definition) is 0. The number of rotatable bonds is 4. The monoisotopic (exact) mass is 500 g/mol. The molecule has 1 aliphatic heterocycles. The number of pyridine rings is 1. The molecule has 5 aromatic rings. The zero-order chi connectivity index (χ0) is 25.1. The highest BCUT2D eigenvalue weighted by Gasteiger charge is 2.45. The maximum Gasteiger partial charge on any atom is 0.279 e. The van der Waals surface area contributed by atoms with Crippen molar-refractivity contribution in [3.8, 4) is 11.6 Å². The number of benzene rings is 1. The van der Waals surface area contributed by atoms with Crippen molar-refractivity contribution in [2.45, 2.75) is 26.8 Å². The van der Waals surface area contributed by atoms with Gasteiger partial charge in [0.1, 0.15) is 11.4 Å². The van der Waals surface area contributed by atoms with Crippen molar-refractivity contribution < 1.29 is 9.53 Å². The molecule has 1 unspecified atom stereocenters. The highest BCUT2D eigenvalue weighted by atomic mass is 35.5. The molecule has 4 aromatic heterocycles. The molecule has 5 heterocycles. The summed E-state index contributed by atoms with van der Waals surface area (Å²) in [4.78, 5) is 20.2. The van der Waals surface area contributed by atoms with E-state index >= 15 is 0 Å². The number of nitrogens with zero attached hydrogens (tertiary/aromatic N) is 8. The van der Waals surface area contributed by atoms with Crippen molar-refractivity contribution in [3.63, 3.8) is 0 Å². The molecule has 0 aliphatic carbocycles. The van der Waals surface area contributed by atoms with Gasteiger partial charge in [0.15, 0.2) is 17.3 Å². The molecule has 1 atom stereocenters. The lowest BCUT2D eigenvalue weighted by atomic mass is 9.99. The molecule has 0 spiro atoms. The van der Waals surface area contributed by atoms with Gasteiger partial charge in [0, 0.05) is 16.8 Å². The molecule has 6 rings (SSSR count). The highest BCUT2D eigenvalue weighted by Crippen LogP contribution is 2.44. The van der Waals surface area contributed by atoms with Crippen LogP contribution >= 0.6 is 11.6 Å². The summed E-state index contributed by atoms with van der Waals surface area (Å²) in [6.45, 7) is 5.64. The fourth-order valence-corrected chi connectivity index (χ4v) is 4.86. The Hall–Kier alpha value is -4.31. The second-order valence-electron chi connectivity index (χ2n) is 8.59. The first kappa shape index (κ1) is 22.2. The summed E-state index contributed by atoms with van der Waals surface area (Å²) in [5.41, 5.74) is 4.88. The standard InChI is InChI=1S/C25H21ClN8O2/c1-13-12-19(31-33-15(3)28-29-23(13)33)32-21(16-7-9-17(26)10-8-16)20-14(2)30-34(22(20)25(32)35)18-6-5-11-27-24(18)36-4/h5-12,21H,1-4H3. The van der Waals surface area contributed by atoms with E-state index in [1.807, 2.05) is 57.2 Å². The quantitative estimate of drug-likeness (QED) is 0.367. The van der Waals surface area contributed by atoms with Crippen LogP contribution in [0, 0.1) is 20.8 Å². The third-order valence-corrected chi connectivity index (χ3v) is 6.61. The predicted octanol–water partition coefficient (Wildman–Crippen LogP) is 4.04. The third-order valence-electron chi connectivity index (χ3n) is 6.36. The van der Waals surface area contributed by atoms with Gasteiger partial charge in [-0.15, -0.1) is 15.3 Å². The van der Waals surface area contributed by atoms with Gasteiger partial charge in [-0.25, -0.2) is 9.67 Å². The first-order valence-electron chi connectivity index (χ1n) is 11.3. The minimum Gasteiger partial charge on any atom is -0.479 e. The Morgan fingerprint density at radius 2 is 1.81 bits per heavy atom. The Balaban J connectivity index is 1.62. The second kappa shape index (κ2) is 8.13. The average Bonchev–Trinajstić information content (AvgIpc) is 3.52. The Bertz CT molecular complexity index is 1660. The van der Waals surface area contributed by atoms with Crippen molar-refractivity contribution in [1.82, 2.24) is 34.6 Å². The topological polar surface area (TPSA) is 103 Å². The summed E-state index contributed by atoms with van der Waals surface area (Å²) in [6.07, 6.45) is 1.63. The SMILES string of the molecule is COc1ncccc1-n1nc(C)c2c1C(=O)N(c1cc(C)c3nnc(C)n3n1)C2c1ccc(Cl)cc1. The first-order chi connectivity index (χ1) is 17.4. The molecule has 0 fully saturated rings. The van der Waals surface area contributed by atoms with Gasteiger partial charge in [-0.1, -0.05) is 23.7 Å². The van der Waals surface area contributed by atoms with E-state index in [-0.39, 0.29) is 5.91 Å². The van der Waals surface area contributed by atoms with Crippen LogP contribution in [0.3, 0.4) is 0 Å². The minimum absolute atomic E-state index is 0.242. The number of hydrogen-bond acceptors (Lipinski definition) is 7. The van der Waals surface area contributed by atoms with Crippen LogP contribution in [0.15, 0.2) is 48.7 Å². The number of carbonyl (C=O) groups is 1. The predicted molar refractivity (Wildman–Crippen MR) is 133 cm³/mol. The summed E-state index contributed by atoms with van der Waals surface area (Å²) < 4.78 is 8.73. The van der Waals surface area contributed by atoms with Crippen LogP contribution in [-0.4, -0.2) is 47.6 Å². The number of anilines is 1. The van der Waals surface area contributed by atoms with Crippen molar-refractivity contribution in [1.29, 1.82) is 0 Å². The van der Waals surface area contributed by atoms with Gasteiger partial charge in [-0.2, -0.15) is 9.61 Å². The fraction of sp³-hybridized carbons (Fsp3) is 0.200. The third kappa shape index (κ3) is 3.18. The van der Waals surface area contributed by atoms with Gasteiger partial charge in [-0.3, -0.25) is 9.69 Å². The van der Waals surface area contributed by atoms with Crippen LogP contribution < -0.4 is 9.64 Å². The summed E-state index contributed by atoms with van der Waals surface area (Å²) in [6, 6.07) is 12.4. The van der Waals surface area contributed by atoms with Crippen molar-refractivity contribution >= 4 is 29.0 Å². The van der Waals surface area contributed by atoms with Gasteiger partial charge in [0.2, 0.25) is 5.88 Å². The Morgan fingerprint density at radius 1 is 1.03 bits per heavy atom. The molecule has 1 aliphatic rings. The smallest absolute Gasteiger partial charge is 0.279 e. The van der Waals surface area contributed by atoms with Crippen LogP contribution in [0.25, 0.3) is 11.3 Å². The van der Waals surface area contributed by atoms with Crippen molar-refractivity contribution in [3.05, 3.63) is 87.6 Å². The molecule has 0 radical (unpaired) electrons. The van der Waals surface area contributed by atoms with Crippen LogP contribution in [0.2, 0.25) is 5.02 Å². The molecule has 11 heteroatoms. The molecule has 36 heavy (non-hydrogen) atoms. The largest absolute Gasteiger partial charge is 0.479 e. The number of aryl methyl sites for hydroxylation is 3. The van der Waals surface area contributed by atoms with Crippen LogP contribution in [0.5, 0.6) is 5.88 Å². The highest BCUT2D eigenvalue weighted by molar-refractivity contribution is 6.30. The zero-order valence-corrected chi connectivity index (χ0v) is 20.7. The molecular weight excluding hydrogens is 480 g/mol. The lowest BCUT2D eigenvalue weighted by molar-refractivity contribution is 0.0985. The molecule has 180 valence electrons. The summed E-state index contributed by atoms with van der Waals surface area (Å²) in [5.74, 6) is 1.23. The van der Waals surface area contributed by atoms with Crippen molar-refractivity contribution in [2.75, 3.05) is 12.0 Å². The zero-order valence-electron chi connectivity index (χ0n) is 20.0. The van der Waals surface area contributed by atoms with Crippen LogP contribution in [-0.2, 0) is 0 Å². The van der Waals surface area contributed by atoms with Crippen LogP contribution in [0.1, 0.15) is 44.7 Å². The number of carbonyl (C=O) groups excluding carboxylic acids is 1. The normalized spacial score (nSPS) is 15.1. The fourth-order valence-electron chi connectivity index (χ4n) is 4.74. The molecular formula is C25H21ClN8O2. The van der Waals surface area contributed by atoms with Gasteiger partial charge in [0.05, 0.1) is 18.8 Å². The molecule has 0 saturated heterocycles. The van der Waals surface area contributed by atoms with E-state index in [1.165, 1.54) is 7.11 Å². The van der Waals surface area contributed by atoms with E-state index in [1.54, 1.807) is 26.4 Å². The average molecular weight is 501 g/mol. The van der Waals surface area contributed by atoms with Crippen molar-refractivity contribution in [2.24, 2.45) is 0 Å². The van der Waals surface area contributed by atoms with Gasteiger partial charge in [0.25, 0.3) is 5.91 Å². The molecule has 10 nitrogen and oxygen atoms in total. The number of methoxy groups -OCH3 is 1. The Kier molecular flexibility index (Phi) is 5.01. The molecule has 0 bridgehead atoms. The molecule has 1 aromatic carbocycles. The van der Waals surface area contributed by atoms with E-state index in [2.05, 4.69) is 15.2 Å². The molecule has 0 saturated carbocycles. The van der Waals surface area contributed by atoms with E-state index < -0.39 is 6.04 Å². The molecule has 0 N–H and O–H groups in total.